The van der Waals surface area contributed by atoms with Gasteiger partial charge < -0.3 is 9.64 Å². The molecule has 1 aromatic rings. The topological polar surface area (TPSA) is 50.6 Å². The second-order valence-electron chi connectivity index (χ2n) is 8.74. The zero-order chi connectivity index (χ0) is 18.1. The molecule has 3 aliphatic rings. The largest absolute Gasteiger partial charge is 0.381 e. The number of aryl methyl sites for hydroxylation is 1. The molecule has 2 saturated heterocycles. The van der Waals surface area contributed by atoms with E-state index in [1.807, 2.05) is 17.9 Å². The third-order valence-corrected chi connectivity index (χ3v) is 6.64. The predicted molar refractivity (Wildman–Crippen MR) is 99.4 cm³/mol. The molecule has 1 amide bonds. The first-order valence-electron chi connectivity index (χ1n) is 10.1. The Morgan fingerprint density at radius 3 is 2.69 bits per heavy atom. The van der Waals surface area contributed by atoms with Gasteiger partial charge in [0.05, 0.1) is 12.8 Å². The third kappa shape index (κ3) is 3.96. The van der Waals surface area contributed by atoms with E-state index in [9.17, 15) is 4.79 Å². The average Bonchev–Trinajstić information content (AvgIpc) is 3.25. The van der Waals surface area contributed by atoms with E-state index in [2.05, 4.69) is 21.1 Å². The number of ether oxygens (including phenoxy) is 1. The van der Waals surface area contributed by atoms with Crippen LogP contribution in [0.3, 0.4) is 0 Å². The van der Waals surface area contributed by atoms with Gasteiger partial charge in [-0.15, -0.1) is 0 Å². The van der Waals surface area contributed by atoms with Crippen molar-refractivity contribution in [3.63, 3.8) is 0 Å². The summed E-state index contributed by atoms with van der Waals surface area (Å²) in [6.45, 7) is 8.41. The van der Waals surface area contributed by atoms with E-state index >= 15 is 0 Å². The van der Waals surface area contributed by atoms with E-state index in [0.717, 1.165) is 64.7 Å². The number of likely N-dealkylation sites (tertiary alicyclic amines) is 2. The molecular weight excluding hydrogens is 328 g/mol. The highest BCUT2D eigenvalue weighted by Crippen LogP contribution is 2.45. The molecule has 0 radical (unpaired) electrons. The first-order chi connectivity index (χ1) is 12.5. The molecule has 0 N–H and O–H groups in total. The highest BCUT2D eigenvalue weighted by Gasteiger charge is 2.48. The van der Waals surface area contributed by atoms with Crippen molar-refractivity contribution in [3.8, 4) is 0 Å². The fourth-order valence-corrected chi connectivity index (χ4v) is 4.70. The van der Waals surface area contributed by atoms with Gasteiger partial charge in [0, 0.05) is 57.9 Å². The van der Waals surface area contributed by atoms with E-state index < -0.39 is 0 Å². The van der Waals surface area contributed by atoms with E-state index in [1.165, 1.54) is 18.4 Å². The molecule has 6 heteroatoms. The first-order valence-corrected chi connectivity index (χ1v) is 10.1. The molecule has 1 spiro atoms. The Hall–Kier alpha value is -1.40. The Morgan fingerprint density at radius 2 is 2.08 bits per heavy atom. The summed E-state index contributed by atoms with van der Waals surface area (Å²) >= 11 is 0. The summed E-state index contributed by atoms with van der Waals surface area (Å²) in [6.07, 6.45) is 9.05. The van der Waals surface area contributed by atoms with Crippen molar-refractivity contribution in [2.45, 2.75) is 39.2 Å². The zero-order valence-electron chi connectivity index (χ0n) is 16.2. The summed E-state index contributed by atoms with van der Waals surface area (Å²) in [7, 11) is 1.97. The summed E-state index contributed by atoms with van der Waals surface area (Å²) in [6, 6.07) is 0. The van der Waals surface area contributed by atoms with Gasteiger partial charge in [0.2, 0.25) is 5.91 Å². The summed E-state index contributed by atoms with van der Waals surface area (Å²) in [5.74, 6) is 1.51. The number of hydrogen-bond acceptors (Lipinski definition) is 4. The standard InChI is InChI=1S/C20H32N4O2/c1-16(25)24-12-19(14-26-13-17-3-4-17)20(15-24)5-7-23(8-6-20)11-18-9-21-22(2)10-18/h9-10,17,19H,3-8,11-15H2,1-2H3/t19-/m1/s1. The zero-order valence-corrected chi connectivity index (χ0v) is 16.2. The van der Waals surface area contributed by atoms with E-state index in [4.69, 9.17) is 4.74 Å². The fourth-order valence-electron chi connectivity index (χ4n) is 4.70. The van der Waals surface area contributed by atoms with Crippen LogP contribution in [0.4, 0.5) is 0 Å². The second kappa shape index (κ2) is 7.31. The van der Waals surface area contributed by atoms with Crippen LogP contribution in [-0.4, -0.2) is 64.9 Å². The fraction of sp³-hybridized carbons (Fsp3) is 0.800. The molecule has 0 unspecified atom stereocenters. The van der Waals surface area contributed by atoms with Crippen LogP contribution in [0, 0.1) is 17.3 Å². The molecule has 2 aliphatic heterocycles. The van der Waals surface area contributed by atoms with Crippen molar-refractivity contribution in [2.24, 2.45) is 24.3 Å². The van der Waals surface area contributed by atoms with E-state index in [-0.39, 0.29) is 11.3 Å². The molecule has 1 atom stereocenters. The molecule has 6 nitrogen and oxygen atoms in total. The average molecular weight is 361 g/mol. The second-order valence-corrected chi connectivity index (χ2v) is 8.74. The number of amides is 1. The molecular formula is C20H32N4O2. The Balaban J connectivity index is 1.35. The molecule has 3 fully saturated rings. The number of piperidine rings is 1. The summed E-state index contributed by atoms with van der Waals surface area (Å²) < 4.78 is 7.93. The van der Waals surface area contributed by atoms with Crippen molar-refractivity contribution in [3.05, 3.63) is 18.0 Å². The number of hydrogen-bond donors (Lipinski definition) is 0. The molecule has 1 aromatic heterocycles. The van der Waals surface area contributed by atoms with Crippen LogP contribution in [0.2, 0.25) is 0 Å². The Kier molecular flexibility index (Phi) is 5.06. The molecule has 0 aromatic carbocycles. The number of rotatable bonds is 6. The molecule has 1 aliphatic carbocycles. The molecule has 1 saturated carbocycles. The lowest BCUT2D eigenvalue weighted by atomic mass is 9.71. The van der Waals surface area contributed by atoms with Gasteiger partial charge in [-0.05, 0) is 50.1 Å². The van der Waals surface area contributed by atoms with Crippen molar-refractivity contribution in [2.75, 3.05) is 39.4 Å². The molecule has 26 heavy (non-hydrogen) atoms. The van der Waals surface area contributed by atoms with Crippen molar-refractivity contribution in [1.82, 2.24) is 19.6 Å². The number of carbonyl (C=O) groups is 1. The van der Waals surface area contributed by atoms with Gasteiger partial charge in [-0.3, -0.25) is 14.4 Å². The van der Waals surface area contributed by atoms with Crippen LogP contribution in [0.25, 0.3) is 0 Å². The van der Waals surface area contributed by atoms with E-state index in [1.54, 1.807) is 6.92 Å². The maximum Gasteiger partial charge on any atom is 0.219 e. The quantitative estimate of drug-likeness (QED) is 0.778. The Labute approximate surface area is 156 Å². The van der Waals surface area contributed by atoms with Crippen LogP contribution in [-0.2, 0) is 23.1 Å². The highest BCUT2D eigenvalue weighted by molar-refractivity contribution is 5.73. The molecule has 0 bridgehead atoms. The van der Waals surface area contributed by atoms with Gasteiger partial charge in [0.1, 0.15) is 0 Å². The minimum atomic E-state index is 0.215. The highest BCUT2D eigenvalue weighted by atomic mass is 16.5. The van der Waals surface area contributed by atoms with Crippen molar-refractivity contribution in [1.29, 1.82) is 0 Å². The molecule has 144 valence electrons. The number of aromatic nitrogens is 2. The van der Waals surface area contributed by atoms with Gasteiger partial charge in [-0.2, -0.15) is 5.10 Å². The minimum Gasteiger partial charge on any atom is -0.381 e. The molecule has 3 heterocycles. The summed E-state index contributed by atoms with van der Waals surface area (Å²) in [5, 5.41) is 4.28. The lowest BCUT2D eigenvalue weighted by molar-refractivity contribution is -0.128. The van der Waals surface area contributed by atoms with Gasteiger partial charge in [0.15, 0.2) is 0 Å². The van der Waals surface area contributed by atoms with E-state index in [0.29, 0.717) is 5.92 Å². The van der Waals surface area contributed by atoms with Gasteiger partial charge in [0.25, 0.3) is 0 Å². The molecule has 4 rings (SSSR count). The maximum absolute atomic E-state index is 12.0. The lowest BCUT2D eigenvalue weighted by Gasteiger charge is -2.42. The smallest absolute Gasteiger partial charge is 0.219 e. The third-order valence-electron chi connectivity index (χ3n) is 6.64. The maximum atomic E-state index is 12.0. The lowest BCUT2D eigenvalue weighted by Crippen LogP contribution is -2.45. The first kappa shape index (κ1) is 18.0. The Bertz CT molecular complexity index is 632. The van der Waals surface area contributed by atoms with Crippen LogP contribution in [0.1, 0.15) is 38.2 Å². The van der Waals surface area contributed by atoms with Gasteiger partial charge in [-0.1, -0.05) is 0 Å². The summed E-state index contributed by atoms with van der Waals surface area (Å²) in [4.78, 5) is 16.6. The van der Waals surface area contributed by atoms with Crippen LogP contribution in [0.15, 0.2) is 12.4 Å². The van der Waals surface area contributed by atoms with Crippen molar-refractivity contribution < 1.29 is 9.53 Å². The Morgan fingerprint density at radius 1 is 1.31 bits per heavy atom. The van der Waals surface area contributed by atoms with Crippen molar-refractivity contribution >= 4 is 5.91 Å². The van der Waals surface area contributed by atoms with Gasteiger partial charge >= 0.3 is 0 Å². The normalized spacial score (nSPS) is 25.9. The van der Waals surface area contributed by atoms with Gasteiger partial charge in [-0.25, -0.2) is 0 Å². The predicted octanol–water partition coefficient (Wildman–Crippen LogP) is 1.91. The number of nitrogens with zero attached hydrogens (tertiary/aromatic N) is 4. The SMILES string of the molecule is CC(=O)N1C[C@H](COCC2CC2)C2(CCN(Cc3cnn(C)c3)CC2)C1. The van der Waals surface area contributed by atoms with Crippen LogP contribution in [0.5, 0.6) is 0 Å². The van der Waals surface area contributed by atoms with Crippen LogP contribution >= 0.6 is 0 Å². The monoisotopic (exact) mass is 360 g/mol. The number of carbonyl (C=O) groups excluding carboxylic acids is 1. The minimum absolute atomic E-state index is 0.215. The van der Waals surface area contributed by atoms with Crippen LogP contribution < -0.4 is 0 Å². The summed E-state index contributed by atoms with van der Waals surface area (Å²) in [5.41, 5.74) is 1.53.